The third-order valence-corrected chi connectivity index (χ3v) is 4.24. The van der Waals surface area contributed by atoms with Gasteiger partial charge in [-0.2, -0.15) is 0 Å². The maximum atomic E-state index is 12.1. The first-order valence-electron chi connectivity index (χ1n) is 8.40. The minimum atomic E-state index is -0.0367. The Morgan fingerprint density at radius 2 is 2.09 bits per heavy atom. The number of hydrogen-bond donors (Lipinski definition) is 1. The molecule has 1 N–H and O–H groups in total. The molecule has 0 aromatic heterocycles. The van der Waals surface area contributed by atoms with Crippen LogP contribution in [0.5, 0.6) is 0 Å². The van der Waals surface area contributed by atoms with Crippen LogP contribution in [0.1, 0.15) is 25.0 Å². The zero-order chi connectivity index (χ0) is 16.7. The summed E-state index contributed by atoms with van der Waals surface area (Å²) in [7, 11) is 0. The lowest BCUT2D eigenvalue weighted by Crippen LogP contribution is -2.51. The maximum absolute atomic E-state index is 12.1. The standard InChI is InChI=1S/C19H28N2O2/c1-15(2)18(21-9-11-23-12-10-21)14-20-19(22)8-7-17-6-4-5-16(3)13-17/h4-8,13,15,18H,9-12,14H2,1-3H3,(H,20,22)/b8-7+/t18-/m0/s1. The highest BCUT2D eigenvalue weighted by atomic mass is 16.5. The van der Waals surface area contributed by atoms with Crippen molar-refractivity contribution in [3.05, 3.63) is 41.5 Å². The number of morpholine rings is 1. The smallest absolute Gasteiger partial charge is 0.244 e. The molecule has 23 heavy (non-hydrogen) atoms. The molecular weight excluding hydrogens is 288 g/mol. The lowest BCUT2D eigenvalue weighted by Gasteiger charge is -2.36. The summed E-state index contributed by atoms with van der Waals surface area (Å²) in [5, 5.41) is 3.04. The normalized spacial score (nSPS) is 17.6. The second kappa shape index (κ2) is 8.85. The summed E-state index contributed by atoms with van der Waals surface area (Å²) in [6.07, 6.45) is 3.48. The average Bonchev–Trinajstić information content (AvgIpc) is 2.54. The molecule has 1 heterocycles. The molecule has 0 bridgehead atoms. The van der Waals surface area contributed by atoms with Crippen LogP contribution in [-0.2, 0) is 9.53 Å². The van der Waals surface area contributed by atoms with Crippen LogP contribution in [0.4, 0.5) is 0 Å². The van der Waals surface area contributed by atoms with Crippen LogP contribution in [0.2, 0.25) is 0 Å². The number of aryl methyl sites for hydroxylation is 1. The SMILES string of the molecule is Cc1cccc(/C=C/C(=O)NC[C@@H](C(C)C)N2CCOCC2)c1. The van der Waals surface area contributed by atoms with E-state index in [0.29, 0.717) is 18.5 Å². The van der Waals surface area contributed by atoms with Crippen molar-refractivity contribution >= 4 is 12.0 Å². The van der Waals surface area contributed by atoms with E-state index in [1.54, 1.807) is 6.08 Å². The van der Waals surface area contributed by atoms with Crippen molar-refractivity contribution in [2.24, 2.45) is 5.92 Å². The number of nitrogens with zero attached hydrogens (tertiary/aromatic N) is 1. The van der Waals surface area contributed by atoms with Gasteiger partial charge in [0, 0.05) is 31.8 Å². The van der Waals surface area contributed by atoms with Crippen LogP contribution in [-0.4, -0.2) is 49.7 Å². The van der Waals surface area contributed by atoms with E-state index in [1.165, 1.54) is 5.56 Å². The van der Waals surface area contributed by atoms with Crippen molar-refractivity contribution in [3.8, 4) is 0 Å². The van der Waals surface area contributed by atoms with Gasteiger partial charge in [-0.05, 0) is 24.5 Å². The van der Waals surface area contributed by atoms with Gasteiger partial charge in [-0.25, -0.2) is 0 Å². The van der Waals surface area contributed by atoms with Gasteiger partial charge in [0.1, 0.15) is 0 Å². The van der Waals surface area contributed by atoms with Crippen LogP contribution in [0, 0.1) is 12.8 Å². The molecule has 1 saturated heterocycles. The predicted molar refractivity (Wildman–Crippen MR) is 94.2 cm³/mol. The summed E-state index contributed by atoms with van der Waals surface area (Å²) >= 11 is 0. The fourth-order valence-corrected chi connectivity index (χ4v) is 2.91. The third kappa shape index (κ3) is 5.81. The van der Waals surface area contributed by atoms with Crippen molar-refractivity contribution in [3.63, 3.8) is 0 Å². The number of amides is 1. The third-order valence-electron chi connectivity index (χ3n) is 4.24. The fourth-order valence-electron chi connectivity index (χ4n) is 2.91. The van der Waals surface area contributed by atoms with Gasteiger partial charge < -0.3 is 10.1 Å². The van der Waals surface area contributed by atoms with Gasteiger partial charge in [0.05, 0.1) is 13.2 Å². The molecule has 0 spiro atoms. The Bertz CT molecular complexity index is 534. The predicted octanol–water partition coefficient (Wildman–Crippen LogP) is 2.48. The Balaban J connectivity index is 1.86. The molecule has 0 unspecified atom stereocenters. The lowest BCUT2D eigenvalue weighted by molar-refractivity contribution is -0.116. The van der Waals surface area contributed by atoms with Crippen LogP contribution in [0.15, 0.2) is 30.3 Å². The summed E-state index contributed by atoms with van der Waals surface area (Å²) in [5.74, 6) is 0.458. The fraction of sp³-hybridized carbons (Fsp3) is 0.526. The lowest BCUT2D eigenvalue weighted by atomic mass is 10.0. The van der Waals surface area contributed by atoms with Gasteiger partial charge in [-0.1, -0.05) is 43.7 Å². The molecule has 1 aliphatic rings. The number of ether oxygens (including phenoxy) is 1. The molecular formula is C19H28N2O2. The summed E-state index contributed by atoms with van der Waals surface area (Å²) in [6.45, 7) is 10.6. The first-order chi connectivity index (χ1) is 11.1. The maximum Gasteiger partial charge on any atom is 0.244 e. The molecule has 0 saturated carbocycles. The summed E-state index contributed by atoms with van der Waals surface area (Å²) in [5.41, 5.74) is 2.24. The molecule has 4 heteroatoms. The highest BCUT2D eigenvalue weighted by Crippen LogP contribution is 2.12. The van der Waals surface area contributed by atoms with Crippen molar-refractivity contribution < 1.29 is 9.53 Å². The van der Waals surface area contributed by atoms with E-state index < -0.39 is 0 Å². The Morgan fingerprint density at radius 3 is 2.74 bits per heavy atom. The van der Waals surface area contributed by atoms with Gasteiger partial charge >= 0.3 is 0 Å². The first-order valence-corrected chi connectivity index (χ1v) is 8.40. The van der Waals surface area contributed by atoms with E-state index in [-0.39, 0.29) is 5.91 Å². The van der Waals surface area contributed by atoms with Crippen molar-refractivity contribution in [2.45, 2.75) is 26.8 Å². The van der Waals surface area contributed by atoms with Gasteiger partial charge in [-0.3, -0.25) is 9.69 Å². The van der Waals surface area contributed by atoms with Gasteiger partial charge in [0.2, 0.25) is 5.91 Å². The molecule has 1 fully saturated rings. The molecule has 0 aliphatic carbocycles. The van der Waals surface area contributed by atoms with E-state index in [1.807, 2.05) is 31.2 Å². The molecule has 0 radical (unpaired) electrons. The van der Waals surface area contributed by atoms with E-state index in [4.69, 9.17) is 4.74 Å². The first kappa shape index (κ1) is 17.7. The molecule has 4 nitrogen and oxygen atoms in total. The molecule has 1 aromatic carbocycles. The van der Waals surface area contributed by atoms with E-state index in [2.05, 4.69) is 30.1 Å². The summed E-state index contributed by atoms with van der Waals surface area (Å²) in [6, 6.07) is 8.47. The minimum absolute atomic E-state index is 0.0367. The monoisotopic (exact) mass is 316 g/mol. The summed E-state index contributed by atoms with van der Waals surface area (Å²) < 4.78 is 5.41. The molecule has 1 aromatic rings. The number of benzene rings is 1. The van der Waals surface area contributed by atoms with Gasteiger partial charge in [0.25, 0.3) is 0 Å². The largest absolute Gasteiger partial charge is 0.379 e. The second-order valence-corrected chi connectivity index (χ2v) is 6.45. The van der Waals surface area contributed by atoms with Gasteiger partial charge in [0.15, 0.2) is 0 Å². The van der Waals surface area contributed by atoms with Crippen LogP contribution < -0.4 is 5.32 Å². The quantitative estimate of drug-likeness (QED) is 0.820. The van der Waals surface area contributed by atoms with Crippen molar-refractivity contribution in [2.75, 3.05) is 32.8 Å². The van der Waals surface area contributed by atoms with E-state index in [9.17, 15) is 4.79 Å². The highest BCUT2D eigenvalue weighted by Gasteiger charge is 2.23. The number of hydrogen-bond acceptors (Lipinski definition) is 3. The Kier molecular flexibility index (Phi) is 6.81. The molecule has 1 aliphatic heterocycles. The number of nitrogens with one attached hydrogen (secondary N) is 1. The number of rotatable bonds is 6. The molecule has 1 atom stereocenters. The van der Waals surface area contributed by atoms with Crippen molar-refractivity contribution in [1.82, 2.24) is 10.2 Å². The van der Waals surface area contributed by atoms with Crippen LogP contribution in [0.3, 0.4) is 0 Å². The van der Waals surface area contributed by atoms with E-state index >= 15 is 0 Å². The van der Waals surface area contributed by atoms with E-state index in [0.717, 1.165) is 31.9 Å². The summed E-state index contributed by atoms with van der Waals surface area (Å²) in [4.78, 5) is 14.5. The second-order valence-electron chi connectivity index (χ2n) is 6.45. The topological polar surface area (TPSA) is 41.6 Å². The zero-order valence-electron chi connectivity index (χ0n) is 14.4. The highest BCUT2D eigenvalue weighted by molar-refractivity contribution is 5.91. The van der Waals surface area contributed by atoms with Gasteiger partial charge in [-0.15, -0.1) is 0 Å². The number of carbonyl (C=O) groups excluding carboxylic acids is 1. The molecule has 1 amide bonds. The molecule has 2 rings (SSSR count). The minimum Gasteiger partial charge on any atom is -0.379 e. The van der Waals surface area contributed by atoms with Crippen LogP contribution in [0.25, 0.3) is 6.08 Å². The zero-order valence-corrected chi connectivity index (χ0v) is 14.4. The Morgan fingerprint density at radius 1 is 1.35 bits per heavy atom. The van der Waals surface area contributed by atoms with Crippen LogP contribution >= 0.6 is 0 Å². The van der Waals surface area contributed by atoms with Crippen molar-refractivity contribution in [1.29, 1.82) is 0 Å². The number of carbonyl (C=O) groups is 1. The Hall–Kier alpha value is -1.65. The molecule has 126 valence electrons. The Labute approximate surface area is 139 Å². The average molecular weight is 316 g/mol.